The normalized spacial score (nSPS) is 9.93. The molecule has 0 saturated carbocycles. The SMILES string of the molecule is Cc1ccc(NCC(C)C)c(C#N)c1. The fraction of sp³-hybridized carbons (Fsp3) is 0.417. The molecule has 2 heteroatoms. The number of aryl methyl sites for hydroxylation is 1. The molecule has 0 radical (unpaired) electrons. The van der Waals surface area contributed by atoms with Crippen molar-refractivity contribution in [1.29, 1.82) is 5.26 Å². The highest BCUT2D eigenvalue weighted by Gasteiger charge is 2.01. The first-order valence-electron chi connectivity index (χ1n) is 4.88. The molecule has 0 fully saturated rings. The lowest BCUT2D eigenvalue weighted by Gasteiger charge is -2.10. The third-order valence-corrected chi connectivity index (χ3v) is 2.00. The highest BCUT2D eigenvalue weighted by atomic mass is 14.9. The standard InChI is InChI=1S/C12H16N2/c1-9(2)8-14-12-5-4-10(3)6-11(12)7-13/h4-6,9,14H,8H2,1-3H3. The van der Waals surface area contributed by atoms with Crippen LogP contribution >= 0.6 is 0 Å². The maximum absolute atomic E-state index is 8.92. The van der Waals surface area contributed by atoms with Gasteiger partial charge in [-0.05, 0) is 30.5 Å². The zero-order valence-electron chi connectivity index (χ0n) is 8.96. The van der Waals surface area contributed by atoms with E-state index in [2.05, 4.69) is 25.2 Å². The topological polar surface area (TPSA) is 35.8 Å². The van der Waals surface area contributed by atoms with Gasteiger partial charge < -0.3 is 5.32 Å². The van der Waals surface area contributed by atoms with E-state index < -0.39 is 0 Å². The van der Waals surface area contributed by atoms with Gasteiger partial charge in [0.25, 0.3) is 0 Å². The molecule has 0 aliphatic carbocycles. The van der Waals surface area contributed by atoms with E-state index in [9.17, 15) is 0 Å². The molecule has 0 bridgehead atoms. The number of nitrogens with one attached hydrogen (secondary N) is 1. The summed E-state index contributed by atoms with van der Waals surface area (Å²) in [5.74, 6) is 0.586. The largest absolute Gasteiger partial charge is 0.384 e. The van der Waals surface area contributed by atoms with Gasteiger partial charge in [-0.2, -0.15) is 5.26 Å². The highest BCUT2D eigenvalue weighted by Crippen LogP contribution is 2.16. The van der Waals surface area contributed by atoms with Crippen molar-refractivity contribution in [2.75, 3.05) is 11.9 Å². The monoisotopic (exact) mass is 188 g/mol. The lowest BCUT2D eigenvalue weighted by molar-refractivity contribution is 0.689. The van der Waals surface area contributed by atoms with Crippen LogP contribution in [-0.4, -0.2) is 6.54 Å². The maximum atomic E-state index is 8.92. The van der Waals surface area contributed by atoms with Gasteiger partial charge in [-0.25, -0.2) is 0 Å². The van der Waals surface area contributed by atoms with Crippen LogP contribution in [0, 0.1) is 24.2 Å². The van der Waals surface area contributed by atoms with Gasteiger partial charge in [0.2, 0.25) is 0 Å². The molecule has 1 aromatic rings. The summed E-state index contributed by atoms with van der Waals surface area (Å²) >= 11 is 0. The van der Waals surface area contributed by atoms with Crippen LogP contribution in [-0.2, 0) is 0 Å². The van der Waals surface area contributed by atoms with E-state index in [-0.39, 0.29) is 0 Å². The third kappa shape index (κ3) is 2.77. The fourth-order valence-corrected chi connectivity index (χ4v) is 1.22. The van der Waals surface area contributed by atoms with Gasteiger partial charge in [0.15, 0.2) is 0 Å². The number of rotatable bonds is 3. The second-order valence-corrected chi connectivity index (χ2v) is 3.94. The first kappa shape index (κ1) is 10.6. The van der Waals surface area contributed by atoms with Crippen molar-refractivity contribution in [2.24, 2.45) is 5.92 Å². The Bertz CT molecular complexity index is 348. The lowest BCUT2D eigenvalue weighted by atomic mass is 10.1. The Hall–Kier alpha value is -1.49. The number of anilines is 1. The Kier molecular flexibility index (Phi) is 3.53. The quantitative estimate of drug-likeness (QED) is 0.791. The van der Waals surface area contributed by atoms with Gasteiger partial charge in [-0.15, -0.1) is 0 Å². The van der Waals surface area contributed by atoms with Crippen LogP contribution in [0.3, 0.4) is 0 Å². The van der Waals surface area contributed by atoms with Crippen molar-refractivity contribution in [1.82, 2.24) is 0 Å². The van der Waals surface area contributed by atoms with Crippen LogP contribution in [0.15, 0.2) is 18.2 Å². The molecule has 1 rings (SSSR count). The van der Waals surface area contributed by atoms with E-state index in [1.54, 1.807) is 0 Å². The molecule has 0 unspecified atom stereocenters. The summed E-state index contributed by atoms with van der Waals surface area (Å²) in [7, 11) is 0. The van der Waals surface area contributed by atoms with Crippen molar-refractivity contribution in [3.63, 3.8) is 0 Å². The van der Waals surface area contributed by atoms with Crippen molar-refractivity contribution >= 4 is 5.69 Å². The molecule has 0 aromatic heterocycles. The molecule has 0 aliphatic rings. The molecule has 74 valence electrons. The van der Waals surface area contributed by atoms with Gasteiger partial charge in [0.05, 0.1) is 11.3 Å². The Labute approximate surface area is 85.6 Å². The van der Waals surface area contributed by atoms with Gasteiger partial charge in [-0.1, -0.05) is 19.9 Å². The number of hydrogen-bond donors (Lipinski definition) is 1. The first-order valence-corrected chi connectivity index (χ1v) is 4.88. The molecule has 0 amide bonds. The molecule has 0 heterocycles. The number of hydrogen-bond acceptors (Lipinski definition) is 2. The fourth-order valence-electron chi connectivity index (χ4n) is 1.22. The van der Waals surface area contributed by atoms with Gasteiger partial charge in [-0.3, -0.25) is 0 Å². The Balaban J connectivity index is 2.82. The summed E-state index contributed by atoms with van der Waals surface area (Å²) in [6, 6.07) is 8.09. The first-order chi connectivity index (χ1) is 6.63. The van der Waals surface area contributed by atoms with Crippen molar-refractivity contribution in [3.05, 3.63) is 29.3 Å². The predicted octanol–water partition coefficient (Wildman–Crippen LogP) is 2.93. The Morgan fingerprint density at radius 3 is 2.71 bits per heavy atom. The maximum Gasteiger partial charge on any atom is 0.101 e. The van der Waals surface area contributed by atoms with Crippen LogP contribution in [0.5, 0.6) is 0 Å². The summed E-state index contributed by atoms with van der Waals surface area (Å²) in [5, 5.41) is 12.2. The minimum Gasteiger partial charge on any atom is -0.384 e. The minimum atomic E-state index is 0.586. The minimum absolute atomic E-state index is 0.586. The van der Waals surface area contributed by atoms with Gasteiger partial charge in [0.1, 0.15) is 6.07 Å². The Morgan fingerprint density at radius 2 is 2.14 bits per heavy atom. The third-order valence-electron chi connectivity index (χ3n) is 2.00. The Morgan fingerprint density at radius 1 is 1.43 bits per heavy atom. The molecule has 2 nitrogen and oxygen atoms in total. The average molecular weight is 188 g/mol. The molecule has 0 spiro atoms. The summed E-state index contributed by atoms with van der Waals surface area (Å²) in [6.07, 6.45) is 0. The van der Waals surface area contributed by atoms with E-state index in [0.29, 0.717) is 5.92 Å². The molecule has 0 atom stereocenters. The van der Waals surface area contributed by atoms with Crippen LogP contribution in [0.2, 0.25) is 0 Å². The smallest absolute Gasteiger partial charge is 0.101 e. The van der Waals surface area contributed by atoms with Crippen LogP contribution < -0.4 is 5.32 Å². The molecular weight excluding hydrogens is 172 g/mol. The van der Waals surface area contributed by atoms with E-state index in [1.807, 2.05) is 25.1 Å². The summed E-state index contributed by atoms with van der Waals surface area (Å²) in [5.41, 5.74) is 2.79. The highest BCUT2D eigenvalue weighted by molar-refractivity contribution is 5.58. The summed E-state index contributed by atoms with van der Waals surface area (Å²) < 4.78 is 0. The van der Waals surface area contributed by atoms with E-state index >= 15 is 0 Å². The van der Waals surface area contributed by atoms with Crippen LogP contribution in [0.25, 0.3) is 0 Å². The molecule has 1 N–H and O–H groups in total. The molecule has 1 aromatic carbocycles. The molecule has 14 heavy (non-hydrogen) atoms. The second kappa shape index (κ2) is 4.66. The van der Waals surface area contributed by atoms with Crippen molar-refractivity contribution < 1.29 is 0 Å². The van der Waals surface area contributed by atoms with E-state index in [1.165, 1.54) is 0 Å². The number of benzene rings is 1. The lowest BCUT2D eigenvalue weighted by Crippen LogP contribution is -2.08. The van der Waals surface area contributed by atoms with Crippen molar-refractivity contribution in [2.45, 2.75) is 20.8 Å². The predicted molar refractivity (Wildman–Crippen MR) is 59.2 cm³/mol. The van der Waals surface area contributed by atoms with Crippen LogP contribution in [0.1, 0.15) is 25.0 Å². The molecule has 0 aliphatic heterocycles. The zero-order chi connectivity index (χ0) is 10.6. The molecular formula is C12H16N2. The van der Waals surface area contributed by atoms with E-state index in [0.717, 1.165) is 23.4 Å². The number of nitrogens with zero attached hydrogens (tertiary/aromatic N) is 1. The van der Waals surface area contributed by atoms with Gasteiger partial charge >= 0.3 is 0 Å². The average Bonchev–Trinajstić information content (AvgIpc) is 2.15. The van der Waals surface area contributed by atoms with E-state index in [4.69, 9.17) is 5.26 Å². The molecule has 0 saturated heterocycles. The zero-order valence-corrected chi connectivity index (χ0v) is 8.96. The summed E-state index contributed by atoms with van der Waals surface area (Å²) in [4.78, 5) is 0. The number of nitriles is 1. The van der Waals surface area contributed by atoms with Crippen molar-refractivity contribution in [3.8, 4) is 6.07 Å². The van der Waals surface area contributed by atoms with Gasteiger partial charge in [0, 0.05) is 6.54 Å². The second-order valence-electron chi connectivity index (χ2n) is 3.94. The van der Waals surface area contributed by atoms with Crippen LogP contribution in [0.4, 0.5) is 5.69 Å². The summed E-state index contributed by atoms with van der Waals surface area (Å²) in [6.45, 7) is 7.19.